The van der Waals surface area contributed by atoms with Crippen LogP contribution in [0.5, 0.6) is 5.75 Å². The van der Waals surface area contributed by atoms with Crippen LogP contribution in [0.25, 0.3) is 0 Å². The molecule has 1 rings (SSSR count). The Labute approximate surface area is 112 Å². The standard InChI is InChI=1S/C13H18N2O4/c1-16-4-5-17-6-7-18-8-9-19-13-3-2-12(10-14)15-11-13/h2-3,11H,4-9H2,1H3. The molecule has 0 atom stereocenters. The van der Waals surface area contributed by atoms with Gasteiger partial charge in [-0.3, -0.25) is 0 Å². The van der Waals surface area contributed by atoms with Crippen molar-refractivity contribution in [1.82, 2.24) is 4.98 Å². The molecule has 19 heavy (non-hydrogen) atoms. The first kappa shape index (κ1) is 15.4. The zero-order valence-corrected chi connectivity index (χ0v) is 11.0. The Morgan fingerprint density at radius 2 is 1.74 bits per heavy atom. The van der Waals surface area contributed by atoms with Gasteiger partial charge in [0.2, 0.25) is 0 Å². The van der Waals surface area contributed by atoms with E-state index in [1.807, 2.05) is 6.07 Å². The molecule has 0 saturated carbocycles. The first-order valence-corrected chi connectivity index (χ1v) is 6.00. The summed E-state index contributed by atoms with van der Waals surface area (Å²) in [6.07, 6.45) is 1.52. The molecule has 1 heterocycles. The lowest BCUT2D eigenvalue weighted by Crippen LogP contribution is -2.12. The highest BCUT2D eigenvalue weighted by molar-refractivity contribution is 5.26. The Kier molecular flexibility index (Phi) is 8.31. The smallest absolute Gasteiger partial charge is 0.140 e. The Hall–Kier alpha value is -1.68. The monoisotopic (exact) mass is 266 g/mol. The van der Waals surface area contributed by atoms with E-state index in [2.05, 4.69) is 4.98 Å². The molecule has 0 N–H and O–H groups in total. The third kappa shape index (κ3) is 7.36. The van der Waals surface area contributed by atoms with Crippen LogP contribution in [-0.4, -0.2) is 51.7 Å². The molecule has 0 aliphatic heterocycles. The average Bonchev–Trinajstić information content (AvgIpc) is 2.46. The fourth-order valence-corrected chi connectivity index (χ4v) is 1.21. The SMILES string of the molecule is COCCOCCOCCOc1ccc(C#N)nc1. The van der Waals surface area contributed by atoms with E-state index in [4.69, 9.17) is 24.2 Å². The third-order valence-electron chi connectivity index (χ3n) is 2.15. The molecule has 0 fully saturated rings. The highest BCUT2D eigenvalue weighted by atomic mass is 16.6. The van der Waals surface area contributed by atoms with Gasteiger partial charge in [0.05, 0.1) is 39.2 Å². The maximum absolute atomic E-state index is 8.59. The summed E-state index contributed by atoms with van der Waals surface area (Å²) in [5.74, 6) is 0.624. The van der Waals surface area contributed by atoms with Crippen LogP contribution in [0.3, 0.4) is 0 Å². The van der Waals surface area contributed by atoms with Gasteiger partial charge in [-0.05, 0) is 12.1 Å². The quantitative estimate of drug-likeness (QED) is 0.588. The topological polar surface area (TPSA) is 73.6 Å². The Morgan fingerprint density at radius 1 is 1.05 bits per heavy atom. The largest absolute Gasteiger partial charge is 0.490 e. The number of nitriles is 1. The highest BCUT2D eigenvalue weighted by Gasteiger charge is 1.96. The molecule has 6 nitrogen and oxygen atoms in total. The second-order valence-corrected chi connectivity index (χ2v) is 3.56. The molecule has 0 saturated heterocycles. The summed E-state index contributed by atoms with van der Waals surface area (Å²) in [6, 6.07) is 5.26. The number of methoxy groups -OCH3 is 1. The molecule has 0 amide bonds. The van der Waals surface area contributed by atoms with Gasteiger partial charge in [0.15, 0.2) is 0 Å². The van der Waals surface area contributed by atoms with Crippen LogP contribution in [0.1, 0.15) is 5.69 Å². The van der Waals surface area contributed by atoms with Crippen LogP contribution >= 0.6 is 0 Å². The van der Waals surface area contributed by atoms with Crippen LogP contribution in [0.4, 0.5) is 0 Å². The van der Waals surface area contributed by atoms with E-state index in [1.54, 1.807) is 19.2 Å². The van der Waals surface area contributed by atoms with Crippen LogP contribution in [0.2, 0.25) is 0 Å². The summed E-state index contributed by atoms with van der Waals surface area (Å²) < 4.78 is 20.8. The normalized spacial score (nSPS) is 10.1. The fraction of sp³-hybridized carbons (Fsp3) is 0.538. The molecule has 104 valence electrons. The number of pyridine rings is 1. The van der Waals surface area contributed by atoms with E-state index in [0.717, 1.165) is 0 Å². The predicted octanol–water partition coefficient (Wildman–Crippen LogP) is 1.01. The Balaban J connectivity index is 1.97. The van der Waals surface area contributed by atoms with Crippen LogP contribution in [0, 0.1) is 11.3 Å². The minimum Gasteiger partial charge on any atom is -0.490 e. The molecule has 1 aromatic rings. The number of aromatic nitrogens is 1. The van der Waals surface area contributed by atoms with E-state index in [-0.39, 0.29) is 0 Å². The summed E-state index contributed by atoms with van der Waals surface area (Å²) in [5.41, 5.74) is 0.372. The van der Waals surface area contributed by atoms with E-state index in [1.165, 1.54) is 6.20 Å². The van der Waals surface area contributed by atoms with Gasteiger partial charge in [-0.15, -0.1) is 0 Å². The first-order valence-electron chi connectivity index (χ1n) is 6.00. The van der Waals surface area contributed by atoms with E-state index in [0.29, 0.717) is 51.1 Å². The molecule has 0 aromatic carbocycles. The van der Waals surface area contributed by atoms with E-state index in [9.17, 15) is 0 Å². The van der Waals surface area contributed by atoms with E-state index < -0.39 is 0 Å². The van der Waals surface area contributed by atoms with Crippen LogP contribution in [0.15, 0.2) is 18.3 Å². The molecule has 1 aromatic heterocycles. The van der Waals surface area contributed by atoms with Crippen molar-refractivity contribution in [3.8, 4) is 11.8 Å². The van der Waals surface area contributed by atoms with Crippen molar-refractivity contribution >= 4 is 0 Å². The maximum Gasteiger partial charge on any atom is 0.140 e. The molecule has 0 radical (unpaired) electrons. The lowest BCUT2D eigenvalue weighted by Gasteiger charge is -2.07. The van der Waals surface area contributed by atoms with Crippen molar-refractivity contribution < 1.29 is 18.9 Å². The van der Waals surface area contributed by atoms with Gasteiger partial charge in [-0.2, -0.15) is 5.26 Å². The summed E-state index contributed by atoms with van der Waals surface area (Å²) in [7, 11) is 1.63. The Morgan fingerprint density at radius 3 is 2.32 bits per heavy atom. The second kappa shape index (κ2) is 10.3. The van der Waals surface area contributed by atoms with Crippen molar-refractivity contribution in [3.63, 3.8) is 0 Å². The highest BCUT2D eigenvalue weighted by Crippen LogP contribution is 2.08. The summed E-state index contributed by atoms with van der Waals surface area (Å²) >= 11 is 0. The number of hydrogen-bond donors (Lipinski definition) is 0. The molecular weight excluding hydrogens is 248 g/mol. The molecule has 0 bridgehead atoms. The molecule has 6 heteroatoms. The molecule has 0 aliphatic carbocycles. The third-order valence-corrected chi connectivity index (χ3v) is 2.15. The zero-order valence-electron chi connectivity index (χ0n) is 11.0. The predicted molar refractivity (Wildman–Crippen MR) is 68.0 cm³/mol. The Bertz CT molecular complexity index is 375. The second-order valence-electron chi connectivity index (χ2n) is 3.56. The fourth-order valence-electron chi connectivity index (χ4n) is 1.21. The van der Waals surface area contributed by atoms with Gasteiger partial charge in [-0.25, -0.2) is 4.98 Å². The molecule has 0 spiro atoms. The van der Waals surface area contributed by atoms with E-state index >= 15 is 0 Å². The first-order chi connectivity index (χ1) is 9.36. The van der Waals surface area contributed by atoms with Crippen LogP contribution in [-0.2, 0) is 14.2 Å². The number of rotatable bonds is 10. The molecule has 0 aliphatic rings. The van der Waals surface area contributed by atoms with Crippen LogP contribution < -0.4 is 4.74 Å². The lowest BCUT2D eigenvalue weighted by atomic mass is 10.4. The number of ether oxygens (including phenoxy) is 4. The zero-order chi connectivity index (χ0) is 13.8. The van der Waals surface area contributed by atoms with Crippen molar-refractivity contribution in [3.05, 3.63) is 24.0 Å². The van der Waals surface area contributed by atoms with Gasteiger partial charge in [-0.1, -0.05) is 0 Å². The molecule has 0 unspecified atom stereocenters. The van der Waals surface area contributed by atoms with Crippen molar-refractivity contribution in [2.75, 3.05) is 46.8 Å². The number of hydrogen-bond acceptors (Lipinski definition) is 6. The number of nitrogens with zero attached hydrogens (tertiary/aromatic N) is 2. The van der Waals surface area contributed by atoms with Crippen molar-refractivity contribution in [2.45, 2.75) is 0 Å². The van der Waals surface area contributed by atoms with Gasteiger partial charge in [0.25, 0.3) is 0 Å². The maximum atomic E-state index is 8.59. The lowest BCUT2D eigenvalue weighted by molar-refractivity contribution is 0.0179. The summed E-state index contributed by atoms with van der Waals surface area (Å²) in [4.78, 5) is 3.90. The summed E-state index contributed by atoms with van der Waals surface area (Å²) in [6.45, 7) is 3.15. The van der Waals surface area contributed by atoms with Gasteiger partial charge in [0.1, 0.15) is 24.1 Å². The van der Waals surface area contributed by atoms with Gasteiger partial charge >= 0.3 is 0 Å². The van der Waals surface area contributed by atoms with Gasteiger partial charge in [0, 0.05) is 7.11 Å². The van der Waals surface area contributed by atoms with Crippen molar-refractivity contribution in [2.24, 2.45) is 0 Å². The van der Waals surface area contributed by atoms with Crippen molar-refractivity contribution in [1.29, 1.82) is 5.26 Å². The average molecular weight is 266 g/mol. The minimum absolute atomic E-state index is 0.372. The minimum atomic E-state index is 0.372. The van der Waals surface area contributed by atoms with Gasteiger partial charge < -0.3 is 18.9 Å². The molecular formula is C13H18N2O4. The summed E-state index contributed by atoms with van der Waals surface area (Å²) in [5, 5.41) is 8.59.